The molecule has 254 valence electrons. The number of piperidine rings is 1. The van der Waals surface area contributed by atoms with Gasteiger partial charge in [0.2, 0.25) is 5.89 Å². The molecule has 1 fully saturated rings. The zero-order valence-corrected chi connectivity index (χ0v) is 29.9. The van der Waals surface area contributed by atoms with Gasteiger partial charge in [-0.1, -0.05) is 76.6 Å². The molecule has 1 saturated heterocycles. The second-order valence-electron chi connectivity index (χ2n) is 12.3. The lowest BCUT2D eigenvalue weighted by molar-refractivity contribution is -2.00. The van der Waals surface area contributed by atoms with E-state index in [1.54, 1.807) is 6.07 Å². The smallest absolute Gasteiger partial charge is 0.262 e. The van der Waals surface area contributed by atoms with Gasteiger partial charge in [0.15, 0.2) is 7.26 Å². The normalized spacial score (nSPS) is 17.0. The highest BCUT2D eigenvalue weighted by Gasteiger charge is 2.54. The molecule has 8 rings (SSSR count). The minimum atomic E-state index is -4.94. The molecule has 6 aromatic rings. The Hall–Kier alpha value is -4.12. The zero-order chi connectivity index (χ0) is 34.9. The molecule has 0 amide bonds. The highest BCUT2D eigenvalue weighted by molar-refractivity contribution is 9.10. The number of nitrogens with zero attached hydrogens (tertiary/aromatic N) is 3. The molecule has 50 heavy (non-hydrogen) atoms. The van der Waals surface area contributed by atoms with Crippen molar-refractivity contribution in [2.24, 2.45) is 5.92 Å². The molecule has 0 saturated carbocycles. The fraction of sp³-hybridized carbons (Fsp3) is 0.158. The van der Waals surface area contributed by atoms with Gasteiger partial charge in [-0.15, -0.1) is 10.2 Å². The summed E-state index contributed by atoms with van der Waals surface area (Å²) in [6.45, 7) is 2.29. The van der Waals surface area contributed by atoms with Crippen LogP contribution < -0.4 is 50.4 Å². The summed E-state index contributed by atoms with van der Waals surface area (Å²) in [6.07, 6.45) is 1.07. The summed E-state index contributed by atoms with van der Waals surface area (Å²) >= 11 is 3.59. The highest BCUT2D eigenvalue weighted by Crippen LogP contribution is 2.56. The molecule has 0 spiro atoms. The van der Waals surface area contributed by atoms with Crippen molar-refractivity contribution in [2.75, 3.05) is 18.0 Å². The van der Waals surface area contributed by atoms with E-state index in [4.69, 9.17) is 28.0 Å². The molecule has 0 aliphatic carbocycles. The number of halogens is 2. The van der Waals surface area contributed by atoms with Crippen molar-refractivity contribution in [3.8, 4) is 11.5 Å². The van der Waals surface area contributed by atoms with Crippen molar-refractivity contribution in [1.29, 1.82) is 0 Å². The fourth-order valence-electron chi connectivity index (χ4n) is 7.28. The van der Waals surface area contributed by atoms with E-state index in [9.17, 15) is 4.79 Å². The standard InChI is InChI=1S/C38H32BrN3O2P.ClHO4/c39-30-21-19-28(20-22-30)36-40-37(38(44-36)41-24-27-23-29(26-41)34-17-10-18-35(43)42(34)25-27)45(31-11-4-1-5-12-31,32-13-6-2-7-14-32)33-15-8-3-9-16-33;2-1(3,4)5/h1-22,27,29H,23-26H2;(H,2,3,4,5)/q+1;/p-1/t27-,29?;/m0./s1. The predicted octanol–water partition coefficient (Wildman–Crippen LogP) is 1.75. The lowest BCUT2D eigenvalue weighted by Gasteiger charge is -2.42. The number of rotatable bonds is 6. The first-order valence-electron chi connectivity index (χ1n) is 16.0. The van der Waals surface area contributed by atoms with Crippen molar-refractivity contribution in [3.05, 3.63) is 154 Å². The van der Waals surface area contributed by atoms with Crippen LogP contribution in [-0.2, 0) is 6.54 Å². The van der Waals surface area contributed by atoms with Gasteiger partial charge in [0, 0.05) is 47.3 Å². The van der Waals surface area contributed by atoms with Crippen LogP contribution in [0.4, 0.5) is 5.88 Å². The van der Waals surface area contributed by atoms with Gasteiger partial charge in [-0.05, 0) is 79.1 Å². The van der Waals surface area contributed by atoms with Gasteiger partial charge >= 0.3 is 0 Å². The number of anilines is 1. The van der Waals surface area contributed by atoms with Crippen LogP contribution in [0.15, 0.2) is 147 Å². The summed E-state index contributed by atoms with van der Waals surface area (Å²) in [5.41, 5.74) is 3.13. The summed E-state index contributed by atoms with van der Waals surface area (Å²) < 4.78 is 44.0. The van der Waals surface area contributed by atoms with Crippen LogP contribution in [0.3, 0.4) is 0 Å². The third kappa shape index (κ3) is 6.93. The van der Waals surface area contributed by atoms with Gasteiger partial charge in [-0.3, -0.25) is 4.79 Å². The van der Waals surface area contributed by atoms with Crippen LogP contribution in [-0.4, -0.2) is 22.6 Å². The Morgan fingerprint density at radius 1 is 0.700 bits per heavy atom. The number of hydrogen-bond acceptors (Lipinski definition) is 8. The van der Waals surface area contributed by atoms with E-state index in [0.29, 0.717) is 11.8 Å². The molecule has 0 radical (unpaired) electrons. The molecule has 2 bridgehead atoms. The van der Waals surface area contributed by atoms with Crippen molar-refractivity contribution in [2.45, 2.75) is 18.9 Å². The molecule has 4 heterocycles. The molecule has 2 atom stereocenters. The van der Waals surface area contributed by atoms with Crippen LogP contribution in [0.2, 0.25) is 0 Å². The molecular formula is C38H32BrClN3O6P. The molecule has 1 unspecified atom stereocenters. The first-order valence-corrected chi connectivity index (χ1v) is 19.8. The van der Waals surface area contributed by atoms with Crippen LogP contribution >= 0.6 is 23.2 Å². The average molecular weight is 773 g/mol. The molecule has 0 N–H and O–H groups in total. The minimum absolute atomic E-state index is 0.0932. The van der Waals surface area contributed by atoms with E-state index >= 15 is 0 Å². The maximum Gasteiger partial charge on any atom is 0.262 e. The third-order valence-corrected chi connectivity index (χ3v) is 13.9. The summed E-state index contributed by atoms with van der Waals surface area (Å²) in [5, 5.41) is 3.69. The van der Waals surface area contributed by atoms with Crippen molar-refractivity contribution < 1.29 is 33.3 Å². The molecule has 4 aromatic carbocycles. The Kier molecular flexibility index (Phi) is 9.78. The van der Waals surface area contributed by atoms with Crippen molar-refractivity contribution in [3.63, 3.8) is 0 Å². The van der Waals surface area contributed by atoms with E-state index in [0.717, 1.165) is 53.1 Å². The maximum absolute atomic E-state index is 12.8. The Labute approximate surface area is 300 Å². The summed E-state index contributed by atoms with van der Waals surface area (Å²) in [7, 11) is -7.48. The number of oxazole rings is 1. The van der Waals surface area contributed by atoms with Crippen LogP contribution in [0.25, 0.3) is 11.5 Å². The lowest BCUT2D eigenvalue weighted by Crippen LogP contribution is -2.68. The summed E-state index contributed by atoms with van der Waals surface area (Å²) in [5.74, 6) is 2.02. The monoisotopic (exact) mass is 771 g/mol. The number of aromatic nitrogens is 2. The molecular weight excluding hydrogens is 741 g/mol. The second kappa shape index (κ2) is 14.2. The van der Waals surface area contributed by atoms with Crippen molar-refractivity contribution >= 4 is 50.4 Å². The van der Waals surface area contributed by atoms with Gasteiger partial charge in [-0.25, -0.2) is 18.6 Å². The number of benzene rings is 4. The fourth-order valence-corrected chi connectivity index (χ4v) is 11.7. The SMILES string of the molecule is O=c1cccc2n1C[C@H]1CC2CN(c2oc(-c3ccc(Br)cc3)nc2[P+](c2ccccc2)(c2ccccc2)c2ccccc2)C1.[O-][Cl+3]([O-])([O-])[O-]. The third-order valence-electron chi connectivity index (χ3n) is 9.20. The van der Waals surface area contributed by atoms with Gasteiger partial charge in [0.05, 0.1) is 0 Å². The molecule has 12 heteroatoms. The van der Waals surface area contributed by atoms with Gasteiger partial charge in [0.25, 0.3) is 16.9 Å². The largest absolute Gasteiger partial charge is 0.416 e. The number of fused-ring (bicyclic) bond motifs is 4. The van der Waals surface area contributed by atoms with Crippen molar-refractivity contribution in [1.82, 2.24) is 9.55 Å². The Morgan fingerprint density at radius 2 is 1.24 bits per heavy atom. The molecule has 2 aliphatic rings. The lowest BCUT2D eigenvalue weighted by atomic mass is 9.83. The second-order valence-corrected chi connectivity index (χ2v) is 17.3. The first kappa shape index (κ1) is 34.3. The zero-order valence-electron chi connectivity index (χ0n) is 26.7. The Morgan fingerprint density at radius 3 is 1.78 bits per heavy atom. The topological polar surface area (TPSA) is 144 Å². The van der Waals surface area contributed by atoms with E-state index in [1.165, 1.54) is 15.9 Å². The number of pyridine rings is 1. The Bertz CT molecular complexity index is 2020. The predicted molar refractivity (Wildman–Crippen MR) is 188 cm³/mol. The maximum atomic E-state index is 12.8. The van der Waals surface area contributed by atoms with E-state index in [2.05, 4.69) is 130 Å². The van der Waals surface area contributed by atoms with Gasteiger partial charge in [-0.2, -0.15) is 4.98 Å². The van der Waals surface area contributed by atoms with Crippen LogP contribution in [0.5, 0.6) is 0 Å². The van der Waals surface area contributed by atoms with E-state index in [-0.39, 0.29) is 11.5 Å². The quantitative estimate of drug-likeness (QED) is 0.233. The minimum Gasteiger partial charge on any atom is -0.416 e. The molecule has 2 aromatic heterocycles. The average Bonchev–Trinajstić information content (AvgIpc) is 3.56. The summed E-state index contributed by atoms with van der Waals surface area (Å²) in [6, 6.07) is 46.4. The van der Waals surface area contributed by atoms with Gasteiger partial charge < -0.3 is 13.9 Å². The van der Waals surface area contributed by atoms with E-state index < -0.39 is 17.5 Å². The van der Waals surface area contributed by atoms with Crippen LogP contribution in [0.1, 0.15) is 18.0 Å². The molecule has 9 nitrogen and oxygen atoms in total. The molecule has 2 aliphatic heterocycles. The van der Waals surface area contributed by atoms with Crippen LogP contribution in [0, 0.1) is 16.2 Å². The highest BCUT2D eigenvalue weighted by atomic mass is 79.9. The van der Waals surface area contributed by atoms with Gasteiger partial charge in [0.1, 0.15) is 15.9 Å². The Balaban J connectivity index is 0.000000734. The number of hydrogen-bond donors (Lipinski definition) is 0. The first-order chi connectivity index (χ1) is 24.1. The summed E-state index contributed by atoms with van der Waals surface area (Å²) in [4.78, 5) is 20.7. The van der Waals surface area contributed by atoms with E-state index in [1.807, 2.05) is 22.8 Å².